The Morgan fingerprint density at radius 1 is 0.326 bits per heavy atom. The lowest BCUT2D eigenvalue weighted by atomic mass is 9.88. The first-order valence-corrected chi connectivity index (χ1v) is 15.5. The van der Waals surface area contributed by atoms with Crippen LogP contribution in [-0.2, 0) is 0 Å². The molecule has 2 aromatic heterocycles. The minimum atomic E-state index is 0.682. The van der Waals surface area contributed by atoms with Gasteiger partial charge in [-0.15, -0.1) is 0 Å². The van der Waals surface area contributed by atoms with Gasteiger partial charge < -0.3 is 0 Å². The second kappa shape index (κ2) is 10.8. The molecule has 3 nitrogen and oxygen atoms in total. The number of nitrogens with zero attached hydrogens (tertiary/aromatic N) is 3. The molecule has 3 heteroatoms. The molecule has 0 saturated carbocycles. The van der Waals surface area contributed by atoms with E-state index >= 15 is 0 Å². The average molecular weight is 586 g/mol. The molecule has 0 amide bonds. The second-order valence-corrected chi connectivity index (χ2v) is 11.6. The normalized spacial score (nSPS) is 11.5. The van der Waals surface area contributed by atoms with Crippen LogP contribution in [0.1, 0.15) is 0 Å². The minimum Gasteiger partial charge on any atom is -0.256 e. The third-order valence-corrected chi connectivity index (χ3v) is 8.90. The lowest BCUT2D eigenvalue weighted by molar-refractivity contribution is 1.18. The zero-order valence-electron chi connectivity index (χ0n) is 24.9. The van der Waals surface area contributed by atoms with Crippen molar-refractivity contribution in [3.8, 4) is 45.2 Å². The molecule has 0 aliphatic rings. The standard InChI is InChI=1S/C43H27N3/c1-2-13-28(14-3-1)40-27-41(46-43(45-40)30-16-12-15-29(25-30)39-23-10-11-24-44-39)37-26-38-33-19-5-4-17-31(33)32-18-6-8-21-35(32)42(38)36-22-9-7-20-34(36)37/h1-27H. The summed E-state index contributed by atoms with van der Waals surface area (Å²) in [6, 6.07) is 55.4. The van der Waals surface area contributed by atoms with Gasteiger partial charge in [0.2, 0.25) is 0 Å². The number of pyridine rings is 1. The number of fused-ring (bicyclic) bond motifs is 8. The summed E-state index contributed by atoms with van der Waals surface area (Å²) in [5.74, 6) is 0.682. The summed E-state index contributed by atoms with van der Waals surface area (Å²) in [6.45, 7) is 0. The van der Waals surface area contributed by atoms with Crippen LogP contribution < -0.4 is 0 Å². The second-order valence-electron chi connectivity index (χ2n) is 11.6. The van der Waals surface area contributed by atoms with Crippen molar-refractivity contribution in [3.63, 3.8) is 0 Å². The Hall–Kier alpha value is -6.19. The first kappa shape index (κ1) is 26.2. The highest BCUT2D eigenvalue weighted by Crippen LogP contribution is 2.43. The van der Waals surface area contributed by atoms with Crippen molar-refractivity contribution in [2.75, 3.05) is 0 Å². The third kappa shape index (κ3) is 4.33. The van der Waals surface area contributed by atoms with E-state index in [-0.39, 0.29) is 0 Å². The van der Waals surface area contributed by atoms with Gasteiger partial charge in [-0.25, -0.2) is 9.97 Å². The van der Waals surface area contributed by atoms with Crippen molar-refractivity contribution in [1.29, 1.82) is 0 Å². The fraction of sp³-hybridized carbons (Fsp3) is 0. The van der Waals surface area contributed by atoms with Crippen LogP contribution in [0, 0.1) is 0 Å². The lowest BCUT2D eigenvalue weighted by Gasteiger charge is -2.16. The van der Waals surface area contributed by atoms with Gasteiger partial charge >= 0.3 is 0 Å². The van der Waals surface area contributed by atoms with Gasteiger partial charge in [-0.1, -0.05) is 127 Å². The van der Waals surface area contributed by atoms with Crippen LogP contribution in [-0.4, -0.2) is 15.0 Å². The van der Waals surface area contributed by atoms with Gasteiger partial charge in [-0.3, -0.25) is 4.98 Å². The van der Waals surface area contributed by atoms with Crippen molar-refractivity contribution >= 4 is 43.1 Å². The Balaban J connectivity index is 1.36. The highest BCUT2D eigenvalue weighted by Gasteiger charge is 2.18. The Morgan fingerprint density at radius 3 is 1.63 bits per heavy atom. The predicted molar refractivity (Wildman–Crippen MR) is 192 cm³/mol. The molecule has 2 heterocycles. The van der Waals surface area contributed by atoms with Gasteiger partial charge in [0, 0.05) is 28.5 Å². The number of aromatic nitrogens is 3. The van der Waals surface area contributed by atoms with Crippen LogP contribution in [0.15, 0.2) is 164 Å². The molecule has 0 saturated heterocycles. The van der Waals surface area contributed by atoms with Crippen molar-refractivity contribution in [1.82, 2.24) is 15.0 Å². The van der Waals surface area contributed by atoms with Crippen LogP contribution in [0.3, 0.4) is 0 Å². The predicted octanol–water partition coefficient (Wildman–Crippen LogP) is 11.2. The summed E-state index contributed by atoms with van der Waals surface area (Å²) in [6.07, 6.45) is 1.82. The quantitative estimate of drug-likeness (QED) is 0.193. The van der Waals surface area contributed by atoms with E-state index in [1.165, 1.54) is 43.1 Å². The van der Waals surface area contributed by atoms with E-state index in [2.05, 4.69) is 138 Å². The molecule has 0 spiro atoms. The zero-order chi connectivity index (χ0) is 30.5. The number of hydrogen-bond acceptors (Lipinski definition) is 3. The van der Waals surface area contributed by atoms with E-state index in [9.17, 15) is 0 Å². The van der Waals surface area contributed by atoms with Crippen LogP contribution >= 0.6 is 0 Å². The first-order valence-electron chi connectivity index (χ1n) is 15.5. The van der Waals surface area contributed by atoms with Gasteiger partial charge in [0.25, 0.3) is 0 Å². The van der Waals surface area contributed by atoms with Gasteiger partial charge in [0.1, 0.15) is 0 Å². The van der Waals surface area contributed by atoms with E-state index in [4.69, 9.17) is 9.97 Å². The van der Waals surface area contributed by atoms with E-state index in [1.54, 1.807) is 0 Å². The molecule has 0 radical (unpaired) electrons. The summed E-state index contributed by atoms with van der Waals surface area (Å²) >= 11 is 0. The van der Waals surface area contributed by atoms with Gasteiger partial charge in [0.15, 0.2) is 5.82 Å². The van der Waals surface area contributed by atoms with Crippen molar-refractivity contribution in [3.05, 3.63) is 164 Å². The summed E-state index contributed by atoms with van der Waals surface area (Å²) < 4.78 is 0. The maximum Gasteiger partial charge on any atom is 0.160 e. The summed E-state index contributed by atoms with van der Waals surface area (Å²) in [5.41, 5.74) is 6.81. The van der Waals surface area contributed by atoms with E-state index in [0.717, 1.165) is 39.3 Å². The number of hydrogen-bond donors (Lipinski definition) is 0. The molecule has 0 aliphatic carbocycles. The van der Waals surface area contributed by atoms with Crippen LogP contribution in [0.25, 0.3) is 88.2 Å². The minimum absolute atomic E-state index is 0.682. The smallest absolute Gasteiger partial charge is 0.160 e. The van der Waals surface area contributed by atoms with Gasteiger partial charge in [-0.05, 0) is 73.4 Å². The topological polar surface area (TPSA) is 38.7 Å². The highest BCUT2D eigenvalue weighted by molar-refractivity contribution is 6.32. The van der Waals surface area contributed by atoms with Gasteiger partial charge in [-0.2, -0.15) is 0 Å². The van der Waals surface area contributed by atoms with Crippen LogP contribution in [0.2, 0.25) is 0 Å². The van der Waals surface area contributed by atoms with Crippen molar-refractivity contribution < 1.29 is 0 Å². The molecule has 46 heavy (non-hydrogen) atoms. The molecule has 0 N–H and O–H groups in total. The van der Waals surface area contributed by atoms with E-state index in [1.807, 2.05) is 30.5 Å². The van der Waals surface area contributed by atoms with E-state index in [0.29, 0.717) is 5.82 Å². The maximum absolute atomic E-state index is 5.30. The molecular formula is C43H27N3. The molecule has 9 rings (SSSR count). The summed E-state index contributed by atoms with van der Waals surface area (Å²) in [7, 11) is 0. The molecule has 0 fully saturated rings. The summed E-state index contributed by atoms with van der Waals surface area (Å²) in [4.78, 5) is 15.0. The molecule has 0 unspecified atom stereocenters. The Kier molecular flexibility index (Phi) is 6.14. The summed E-state index contributed by atoms with van der Waals surface area (Å²) in [5, 5.41) is 9.91. The van der Waals surface area contributed by atoms with Crippen molar-refractivity contribution in [2.24, 2.45) is 0 Å². The first-order chi connectivity index (χ1) is 22.8. The highest BCUT2D eigenvalue weighted by atomic mass is 14.9. The number of rotatable bonds is 4. The molecule has 9 aromatic rings. The Morgan fingerprint density at radius 2 is 0.891 bits per heavy atom. The maximum atomic E-state index is 5.30. The zero-order valence-corrected chi connectivity index (χ0v) is 24.9. The molecule has 0 bridgehead atoms. The monoisotopic (exact) mass is 585 g/mol. The molecule has 7 aromatic carbocycles. The van der Waals surface area contributed by atoms with E-state index < -0.39 is 0 Å². The molecule has 0 atom stereocenters. The number of benzene rings is 7. The lowest BCUT2D eigenvalue weighted by Crippen LogP contribution is -1.97. The molecular weight excluding hydrogens is 558 g/mol. The third-order valence-electron chi connectivity index (χ3n) is 8.90. The average Bonchev–Trinajstić information content (AvgIpc) is 3.15. The SMILES string of the molecule is c1ccc(-c2cc(-c3cc4c5ccccc5c5ccccc5c4c4ccccc34)nc(-c3cccc(-c4ccccn4)c3)n2)cc1. The largest absolute Gasteiger partial charge is 0.256 e. The van der Waals surface area contributed by atoms with Crippen molar-refractivity contribution in [2.45, 2.75) is 0 Å². The molecule has 214 valence electrons. The Labute approximate surface area is 266 Å². The fourth-order valence-corrected chi connectivity index (χ4v) is 6.80. The van der Waals surface area contributed by atoms with Crippen LogP contribution in [0.4, 0.5) is 0 Å². The Bertz CT molecular complexity index is 2570. The fourth-order valence-electron chi connectivity index (χ4n) is 6.80. The van der Waals surface area contributed by atoms with Crippen LogP contribution in [0.5, 0.6) is 0 Å². The molecule has 0 aliphatic heterocycles. The van der Waals surface area contributed by atoms with Gasteiger partial charge in [0.05, 0.1) is 17.1 Å².